The van der Waals surface area contributed by atoms with E-state index in [2.05, 4.69) is 20.4 Å². The molecule has 6 nitrogen and oxygen atoms in total. The lowest BCUT2D eigenvalue weighted by Gasteiger charge is -2.07. The van der Waals surface area contributed by atoms with E-state index in [0.29, 0.717) is 17.6 Å². The van der Waals surface area contributed by atoms with Crippen LogP contribution in [0.3, 0.4) is 0 Å². The molecule has 4 aromatic rings. The predicted molar refractivity (Wildman–Crippen MR) is 115 cm³/mol. The van der Waals surface area contributed by atoms with Crippen molar-refractivity contribution in [2.45, 2.75) is 13.8 Å². The maximum absolute atomic E-state index is 5.98. The highest BCUT2D eigenvalue weighted by atomic mass is 35.5. The van der Waals surface area contributed by atoms with E-state index in [4.69, 9.17) is 16.3 Å². The molecule has 0 amide bonds. The lowest BCUT2D eigenvalue weighted by atomic mass is 10.2. The monoisotopic (exact) mass is 405 g/mol. The highest BCUT2D eigenvalue weighted by Crippen LogP contribution is 2.25. The van der Waals surface area contributed by atoms with Crippen molar-refractivity contribution in [2.75, 3.05) is 11.9 Å². The summed E-state index contributed by atoms with van der Waals surface area (Å²) in [5, 5.41) is 8.53. The summed E-state index contributed by atoms with van der Waals surface area (Å²) in [4.78, 5) is 8.98. The largest absolute Gasteiger partial charge is 0.494 e. The molecule has 0 atom stereocenters. The summed E-state index contributed by atoms with van der Waals surface area (Å²) in [6.45, 7) is 4.56. The van der Waals surface area contributed by atoms with Crippen LogP contribution in [0.5, 0.6) is 5.75 Å². The number of aryl methyl sites for hydroxylation is 1. The smallest absolute Gasteiger partial charge is 0.227 e. The first-order chi connectivity index (χ1) is 14.1. The van der Waals surface area contributed by atoms with Crippen LogP contribution >= 0.6 is 11.6 Å². The van der Waals surface area contributed by atoms with Crippen molar-refractivity contribution in [3.05, 3.63) is 77.7 Å². The van der Waals surface area contributed by atoms with Gasteiger partial charge in [0.05, 0.1) is 23.7 Å². The summed E-state index contributed by atoms with van der Waals surface area (Å²) in [7, 11) is 0. The second kappa shape index (κ2) is 8.32. The van der Waals surface area contributed by atoms with E-state index in [-0.39, 0.29) is 0 Å². The highest BCUT2D eigenvalue weighted by Gasteiger charge is 2.11. The van der Waals surface area contributed by atoms with Crippen LogP contribution in [0.4, 0.5) is 11.6 Å². The quantitative estimate of drug-likeness (QED) is 0.463. The van der Waals surface area contributed by atoms with Gasteiger partial charge < -0.3 is 10.1 Å². The average molecular weight is 406 g/mol. The third-order valence-corrected chi connectivity index (χ3v) is 4.60. The van der Waals surface area contributed by atoms with Gasteiger partial charge in [0.1, 0.15) is 5.75 Å². The minimum atomic E-state index is 0.519. The van der Waals surface area contributed by atoms with Gasteiger partial charge in [-0.1, -0.05) is 11.6 Å². The van der Waals surface area contributed by atoms with E-state index in [1.165, 1.54) is 0 Å². The molecule has 0 bridgehead atoms. The van der Waals surface area contributed by atoms with Gasteiger partial charge in [-0.15, -0.1) is 0 Å². The second-order valence-corrected chi connectivity index (χ2v) is 6.83. The second-order valence-electron chi connectivity index (χ2n) is 6.40. The number of rotatable bonds is 6. The normalized spacial score (nSPS) is 10.7. The molecular formula is C22H20ClN5O. The molecule has 2 aromatic heterocycles. The van der Waals surface area contributed by atoms with Gasteiger partial charge in [0.2, 0.25) is 5.95 Å². The van der Waals surface area contributed by atoms with Gasteiger partial charge in [-0.05, 0) is 68.4 Å². The predicted octanol–water partition coefficient (Wildman–Crippen LogP) is 5.43. The fourth-order valence-corrected chi connectivity index (χ4v) is 3.06. The molecule has 2 heterocycles. The Bertz CT molecular complexity index is 1110. The Kier molecular flexibility index (Phi) is 5.44. The number of anilines is 2. The van der Waals surface area contributed by atoms with Gasteiger partial charge in [0, 0.05) is 28.7 Å². The van der Waals surface area contributed by atoms with E-state index in [1.807, 2.05) is 79.3 Å². The topological polar surface area (TPSA) is 64.9 Å². The van der Waals surface area contributed by atoms with Crippen molar-refractivity contribution in [2.24, 2.45) is 0 Å². The Balaban J connectivity index is 1.58. The number of nitrogens with zero attached hydrogens (tertiary/aromatic N) is 4. The van der Waals surface area contributed by atoms with Crippen LogP contribution in [0.25, 0.3) is 16.9 Å². The van der Waals surface area contributed by atoms with Crippen molar-refractivity contribution in [3.8, 4) is 22.7 Å². The Morgan fingerprint density at radius 1 is 1.03 bits per heavy atom. The van der Waals surface area contributed by atoms with Gasteiger partial charge in [-0.25, -0.2) is 14.6 Å². The van der Waals surface area contributed by atoms with Crippen LogP contribution < -0.4 is 10.1 Å². The first kappa shape index (κ1) is 19.0. The zero-order chi connectivity index (χ0) is 20.2. The van der Waals surface area contributed by atoms with E-state index < -0.39 is 0 Å². The molecule has 4 rings (SSSR count). The van der Waals surface area contributed by atoms with E-state index in [9.17, 15) is 0 Å². The van der Waals surface area contributed by atoms with Crippen molar-refractivity contribution in [1.82, 2.24) is 19.7 Å². The molecule has 1 N–H and O–H groups in total. The average Bonchev–Trinajstić information content (AvgIpc) is 3.12. The third-order valence-electron chi connectivity index (χ3n) is 4.34. The van der Waals surface area contributed by atoms with Gasteiger partial charge in [0.25, 0.3) is 0 Å². The zero-order valence-corrected chi connectivity index (χ0v) is 16.9. The summed E-state index contributed by atoms with van der Waals surface area (Å²) in [5.74, 6) is 1.35. The molecule has 0 saturated heterocycles. The van der Waals surface area contributed by atoms with Crippen molar-refractivity contribution < 1.29 is 4.74 Å². The molecule has 7 heteroatoms. The fraction of sp³-hybridized carbons (Fsp3) is 0.136. The van der Waals surface area contributed by atoms with Crippen LogP contribution in [0.1, 0.15) is 12.6 Å². The number of hydrogen-bond donors (Lipinski definition) is 1. The van der Waals surface area contributed by atoms with E-state index in [1.54, 1.807) is 6.20 Å². The number of benzene rings is 2. The van der Waals surface area contributed by atoms with Crippen molar-refractivity contribution in [3.63, 3.8) is 0 Å². The molecule has 0 unspecified atom stereocenters. The standard InChI is InChI=1S/C22H20ClN5O/c1-3-29-19-10-6-17(7-11-19)25-22-24-13-12-21(26-22)20-14-28(27-15(20)2)18-8-4-16(23)5-9-18/h4-14H,3H2,1-2H3,(H,24,25,26). The van der Waals surface area contributed by atoms with Gasteiger partial charge in [-0.2, -0.15) is 5.10 Å². The van der Waals surface area contributed by atoms with Crippen molar-refractivity contribution >= 4 is 23.2 Å². The molecule has 0 aliphatic rings. The minimum absolute atomic E-state index is 0.519. The summed E-state index contributed by atoms with van der Waals surface area (Å²) >= 11 is 5.98. The van der Waals surface area contributed by atoms with E-state index >= 15 is 0 Å². The Morgan fingerprint density at radius 2 is 1.79 bits per heavy atom. The zero-order valence-electron chi connectivity index (χ0n) is 16.1. The number of aromatic nitrogens is 4. The summed E-state index contributed by atoms with van der Waals surface area (Å²) < 4.78 is 7.29. The number of halogens is 1. The highest BCUT2D eigenvalue weighted by molar-refractivity contribution is 6.30. The molecule has 0 aliphatic carbocycles. The summed E-state index contributed by atoms with van der Waals surface area (Å²) in [5.41, 5.74) is 4.44. The van der Waals surface area contributed by atoms with Crippen LogP contribution in [0.15, 0.2) is 67.0 Å². The lowest BCUT2D eigenvalue weighted by molar-refractivity contribution is 0.340. The maximum Gasteiger partial charge on any atom is 0.227 e. The molecular weight excluding hydrogens is 386 g/mol. The van der Waals surface area contributed by atoms with Crippen LogP contribution in [0.2, 0.25) is 5.02 Å². The number of ether oxygens (including phenoxy) is 1. The molecule has 0 spiro atoms. The third kappa shape index (κ3) is 4.38. The van der Waals surface area contributed by atoms with Crippen LogP contribution in [0, 0.1) is 6.92 Å². The molecule has 0 radical (unpaired) electrons. The van der Waals surface area contributed by atoms with Crippen molar-refractivity contribution in [1.29, 1.82) is 0 Å². The van der Waals surface area contributed by atoms with Gasteiger partial charge >= 0.3 is 0 Å². The molecule has 146 valence electrons. The molecule has 0 fully saturated rings. The van der Waals surface area contributed by atoms with Gasteiger partial charge in [-0.3, -0.25) is 0 Å². The molecule has 0 saturated carbocycles. The Labute approximate surface area is 174 Å². The Morgan fingerprint density at radius 3 is 2.52 bits per heavy atom. The fourth-order valence-electron chi connectivity index (χ4n) is 2.94. The maximum atomic E-state index is 5.98. The first-order valence-electron chi connectivity index (χ1n) is 9.28. The van der Waals surface area contributed by atoms with Gasteiger partial charge in [0.15, 0.2) is 0 Å². The SMILES string of the molecule is CCOc1ccc(Nc2nccc(-c3cn(-c4ccc(Cl)cc4)nc3C)n2)cc1. The Hall–Kier alpha value is -3.38. The van der Waals surface area contributed by atoms with Crippen LogP contribution in [-0.2, 0) is 0 Å². The van der Waals surface area contributed by atoms with Crippen LogP contribution in [-0.4, -0.2) is 26.4 Å². The summed E-state index contributed by atoms with van der Waals surface area (Å²) in [6.07, 6.45) is 3.69. The summed E-state index contributed by atoms with van der Waals surface area (Å²) in [6, 6.07) is 17.1. The number of nitrogens with one attached hydrogen (secondary N) is 1. The molecule has 2 aromatic carbocycles. The first-order valence-corrected chi connectivity index (χ1v) is 9.65. The minimum Gasteiger partial charge on any atom is -0.494 e. The molecule has 29 heavy (non-hydrogen) atoms. The molecule has 0 aliphatic heterocycles. The number of hydrogen-bond acceptors (Lipinski definition) is 5. The lowest BCUT2D eigenvalue weighted by Crippen LogP contribution is -1.98. The van der Waals surface area contributed by atoms with E-state index in [0.717, 1.165) is 34.1 Å².